The molecule has 6 nitrogen and oxygen atoms in total. The molecule has 2 N–H and O–H groups in total. The zero-order chi connectivity index (χ0) is 12.2. The highest BCUT2D eigenvalue weighted by molar-refractivity contribution is 5.75. The van der Waals surface area contributed by atoms with E-state index in [1.807, 2.05) is 6.92 Å². The molecule has 0 fully saturated rings. The van der Waals surface area contributed by atoms with Gasteiger partial charge in [0.15, 0.2) is 0 Å². The zero-order valence-corrected chi connectivity index (χ0v) is 9.88. The molecule has 0 aromatic rings. The van der Waals surface area contributed by atoms with Crippen molar-refractivity contribution in [1.82, 2.24) is 10.6 Å². The molecule has 0 heterocycles. The largest absolute Gasteiger partial charge is 0.453 e. The van der Waals surface area contributed by atoms with E-state index in [2.05, 4.69) is 15.4 Å². The zero-order valence-electron chi connectivity index (χ0n) is 9.88. The fourth-order valence-electron chi connectivity index (χ4n) is 0.978. The van der Waals surface area contributed by atoms with Gasteiger partial charge in [0.1, 0.15) is 0 Å². The van der Waals surface area contributed by atoms with Gasteiger partial charge in [0.25, 0.3) is 0 Å². The highest BCUT2D eigenvalue weighted by Gasteiger charge is 1.98. The van der Waals surface area contributed by atoms with Gasteiger partial charge in [-0.05, 0) is 6.42 Å². The van der Waals surface area contributed by atoms with Crippen molar-refractivity contribution in [3.05, 3.63) is 0 Å². The van der Waals surface area contributed by atoms with Crippen molar-refractivity contribution in [3.8, 4) is 0 Å². The van der Waals surface area contributed by atoms with Crippen LogP contribution in [-0.2, 0) is 14.3 Å². The Hall–Kier alpha value is -1.30. The molecule has 0 aromatic carbocycles. The molecule has 2 amide bonds. The lowest BCUT2D eigenvalue weighted by molar-refractivity contribution is -0.121. The predicted octanol–water partition coefficient (Wildman–Crippen LogP) is 0.275. The molecule has 0 atom stereocenters. The molecular formula is C10H20N2O4. The van der Waals surface area contributed by atoms with Crippen LogP contribution in [0.15, 0.2) is 0 Å². The second-order valence-electron chi connectivity index (χ2n) is 3.13. The summed E-state index contributed by atoms with van der Waals surface area (Å²) in [5, 5.41) is 5.20. The van der Waals surface area contributed by atoms with Gasteiger partial charge in [-0.3, -0.25) is 4.79 Å². The van der Waals surface area contributed by atoms with Crippen molar-refractivity contribution in [2.75, 3.05) is 33.4 Å². The Morgan fingerprint density at radius 2 is 1.75 bits per heavy atom. The van der Waals surface area contributed by atoms with Crippen LogP contribution in [0.2, 0.25) is 0 Å². The summed E-state index contributed by atoms with van der Waals surface area (Å²) < 4.78 is 9.55. The van der Waals surface area contributed by atoms with Gasteiger partial charge in [0.2, 0.25) is 5.91 Å². The van der Waals surface area contributed by atoms with Gasteiger partial charge < -0.3 is 20.1 Å². The lowest BCUT2D eigenvalue weighted by atomic mass is 10.3. The van der Waals surface area contributed by atoms with E-state index in [0.29, 0.717) is 32.7 Å². The fraction of sp³-hybridized carbons (Fsp3) is 0.800. The summed E-state index contributed by atoms with van der Waals surface area (Å²) >= 11 is 0. The van der Waals surface area contributed by atoms with E-state index in [0.717, 1.165) is 6.42 Å². The molecule has 0 saturated heterocycles. The quantitative estimate of drug-likeness (QED) is 0.589. The number of carbonyl (C=O) groups is 2. The van der Waals surface area contributed by atoms with Crippen LogP contribution in [0.4, 0.5) is 4.79 Å². The van der Waals surface area contributed by atoms with E-state index in [4.69, 9.17) is 4.74 Å². The SMILES string of the molecule is CCCC(=O)NCCOCCNC(=O)OC. The Labute approximate surface area is 95.7 Å². The minimum Gasteiger partial charge on any atom is -0.453 e. The Morgan fingerprint density at radius 3 is 2.31 bits per heavy atom. The molecule has 0 saturated carbocycles. The molecule has 0 spiro atoms. The minimum absolute atomic E-state index is 0.0405. The average Bonchev–Trinajstić information content (AvgIpc) is 2.27. The first kappa shape index (κ1) is 14.7. The van der Waals surface area contributed by atoms with Crippen molar-refractivity contribution in [2.45, 2.75) is 19.8 Å². The Bertz CT molecular complexity index is 209. The number of alkyl carbamates (subject to hydrolysis) is 1. The topological polar surface area (TPSA) is 76.7 Å². The number of methoxy groups -OCH3 is 1. The van der Waals surface area contributed by atoms with Crippen molar-refractivity contribution < 1.29 is 19.1 Å². The smallest absolute Gasteiger partial charge is 0.406 e. The van der Waals surface area contributed by atoms with Crippen LogP contribution in [0, 0.1) is 0 Å². The van der Waals surface area contributed by atoms with Gasteiger partial charge in [-0.1, -0.05) is 6.92 Å². The van der Waals surface area contributed by atoms with Gasteiger partial charge in [0.05, 0.1) is 20.3 Å². The number of amides is 2. The van der Waals surface area contributed by atoms with E-state index < -0.39 is 6.09 Å². The molecule has 16 heavy (non-hydrogen) atoms. The number of carbonyl (C=O) groups excluding carboxylic acids is 2. The Morgan fingerprint density at radius 1 is 1.12 bits per heavy atom. The second kappa shape index (κ2) is 10.2. The molecule has 0 aliphatic rings. The van der Waals surface area contributed by atoms with Crippen molar-refractivity contribution in [1.29, 1.82) is 0 Å². The van der Waals surface area contributed by atoms with Crippen LogP contribution >= 0.6 is 0 Å². The van der Waals surface area contributed by atoms with Gasteiger partial charge in [-0.2, -0.15) is 0 Å². The molecular weight excluding hydrogens is 212 g/mol. The summed E-state index contributed by atoms with van der Waals surface area (Å²) in [5.74, 6) is 0.0405. The molecule has 0 aliphatic heterocycles. The van der Waals surface area contributed by atoms with Crippen molar-refractivity contribution in [3.63, 3.8) is 0 Å². The third kappa shape index (κ3) is 9.26. The fourth-order valence-corrected chi connectivity index (χ4v) is 0.978. The van der Waals surface area contributed by atoms with E-state index in [1.165, 1.54) is 7.11 Å². The van der Waals surface area contributed by atoms with Gasteiger partial charge >= 0.3 is 6.09 Å². The molecule has 0 radical (unpaired) electrons. The summed E-state index contributed by atoms with van der Waals surface area (Å²) in [4.78, 5) is 21.6. The third-order valence-electron chi connectivity index (χ3n) is 1.75. The number of hydrogen-bond acceptors (Lipinski definition) is 4. The van der Waals surface area contributed by atoms with Crippen molar-refractivity contribution >= 4 is 12.0 Å². The molecule has 0 bridgehead atoms. The van der Waals surface area contributed by atoms with Crippen LogP contribution in [0.25, 0.3) is 0 Å². The maximum Gasteiger partial charge on any atom is 0.406 e. The maximum absolute atomic E-state index is 11.0. The Kier molecular flexibility index (Phi) is 9.39. The van der Waals surface area contributed by atoms with E-state index >= 15 is 0 Å². The van der Waals surface area contributed by atoms with Crippen LogP contribution < -0.4 is 10.6 Å². The number of ether oxygens (including phenoxy) is 2. The molecule has 0 aliphatic carbocycles. The lowest BCUT2D eigenvalue weighted by Crippen LogP contribution is -2.29. The van der Waals surface area contributed by atoms with Gasteiger partial charge in [-0.25, -0.2) is 4.79 Å². The lowest BCUT2D eigenvalue weighted by Gasteiger charge is -2.06. The monoisotopic (exact) mass is 232 g/mol. The first-order valence-corrected chi connectivity index (χ1v) is 5.37. The molecule has 0 rings (SSSR count). The minimum atomic E-state index is -0.472. The van der Waals surface area contributed by atoms with Crippen molar-refractivity contribution in [2.24, 2.45) is 0 Å². The summed E-state index contributed by atoms with van der Waals surface area (Å²) in [7, 11) is 1.31. The van der Waals surface area contributed by atoms with E-state index in [-0.39, 0.29) is 5.91 Å². The van der Waals surface area contributed by atoms with E-state index in [1.54, 1.807) is 0 Å². The van der Waals surface area contributed by atoms with E-state index in [9.17, 15) is 9.59 Å². The van der Waals surface area contributed by atoms with Gasteiger partial charge in [-0.15, -0.1) is 0 Å². The van der Waals surface area contributed by atoms with Crippen LogP contribution in [-0.4, -0.2) is 45.4 Å². The summed E-state index contributed by atoms with van der Waals surface area (Å²) in [6.45, 7) is 3.69. The summed E-state index contributed by atoms with van der Waals surface area (Å²) in [6.07, 6.45) is 0.916. The standard InChI is InChI=1S/C10H20N2O4/c1-3-4-9(13)11-5-7-16-8-6-12-10(14)15-2/h3-8H2,1-2H3,(H,11,13)(H,12,14). The number of hydrogen-bond donors (Lipinski definition) is 2. The Balaban J connectivity index is 3.15. The number of nitrogens with one attached hydrogen (secondary N) is 2. The average molecular weight is 232 g/mol. The first-order valence-electron chi connectivity index (χ1n) is 5.37. The maximum atomic E-state index is 11.0. The second-order valence-corrected chi connectivity index (χ2v) is 3.13. The summed E-state index contributed by atoms with van der Waals surface area (Å²) in [6, 6.07) is 0. The predicted molar refractivity (Wildman–Crippen MR) is 59.1 cm³/mol. The normalized spacial score (nSPS) is 9.62. The highest BCUT2D eigenvalue weighted by Crippen LogP contribution is 1.84. The van der Waals surface area contributed by atoms with Crippen LogP contribution in [0.3, 0.4) is 0 Å². The van der Waals surface area contributed by atoms with Gasteiger partial charge in [0, 0.05) is 19.5 Å². The molecule has 94 valence electrons. The molecule has 6 heteroatoms. The molecule has 0 aromatic heterocycles. The van der Waals surface area contributed by atoms with Crippen LogP contribution in [0.1, 0.15) is 19.8 Å². The number of rotatable bonds is 8. The third-order valence-corrected chi connectivity index (χ3v) is 1.75. The highest BCUT2D eigenvalue weighted by atomic mass is 16.5. The van der Waals surface area contributed by atoms with Crippen LogP contribution in [0.5, 0.6) is 0 Å². The summed E-state index contributed by atoms with van der Waals surface area (Å²) in [5.41, 5.74) is 0. The first-order chi connectivity index (χ1) is 7.70. The molecule has 0 unspecified atom stereocenters.